The number of rotatable bonds is 3. The molecule has 0 saturated heterocycles. The van der Waals surface area contributed by atoms with Crippen LogP contribution in [0, 0.1) is 0 Å². The first-order valence-electron chi connectivity index (χ1n) is 4.13. The van der Waals surface area contributed by atoms with Crippen LogP contribution in [-0.2, 0) is 5.88 Å². The molecule has 2 heterocycles. The molecule has 0 aliphatic heterocycles. The molecular weight excluding hydrogens is 236 g/mol. The summed E-state index contributed by atoms with van der Waals surface area (Å²) in [6, 6.07) is 1.59. The van der Waals surface area contributed by atoms with E-state index in [1.807, 2.05) is 0 Å². The summed E-state index contributed by atoms with van der Waals surface area (Å²) in [5.41, 5.74) is 1.22. The van der Waals surface area contributed by atoms with Crippen LogP contribution in [0.2, 0.25) is 0 Å². The molecule has 1 N–H and O–H groups in total. The lowest BCUT2D eigenvalue weighted by atomic mass is 10.3. The summed E-state index contributed by atoms with van der Waals surface area (Å²) in [7, 11) is 0. The Morgan fingerprint density at radius 3 is 3.13 bits per heavy atom. The number of thiazole rings is 1. The molecule has 0 fully saturated rings. The van der Waals surface area contributed by atoms with E-state index < -0.39 is 0 Å². The van der Waals surface area contributed by atoms with Crippen LogP contribution < -0.4 is 5.32 Å². The maximum atomic E-state index is 11.5. The summed E-state index contributed by atoms with van der Waals surface area (Å²) in [5.74, 6) is 0.108. The maximum Gasteiger partial charge on any atom is 0.260 e. The Morgan fingerprint density at radius 2 is 2.53 bits per heavy atom. The summed E-state index contributed by atoms with van der Waals surface area (Å²) in [6.07, 6.45) is 2.83. The monoisotopic (exact) mass is 242 g/mol. The molecule has 2 aromatic heterocycles. The molecule has 2 aromatic rings. The van der Waals surface area contributed by atoms with Crippen molar-refractivity contribution in [2.45, 2.75) is 5.88 Å². The van der Waals surface area contributed by atoms with Crippen molar-refractivity contribution in [1.29, 1.82) is 0 Å². The van der Waals surface area contributed by atoms with Gasteiger partial charge in [0.15, 0.2) is 5.13 Å². The number of furan rings is 1. The van der Waals surface area contributed by atoms with E-state index in [2.05, 4.69) is 10.3 Å². The number of carbonyl (C=O) groups is 1. The first-order valence-corrected chi connectivity index (χ1v) is 5.55. The number of hydrogen-bond donors (Lipinski definition) is 1. The zero-order valence-electron chi connectivity index (χ0n) is 7.57. The van der Waals surface area contributed by atoms with Gasteiger partial charge in [0.25, 0.3) is 5.91 Å². The van der Waals surface area contributed by atoms with Crippen molar-refractivity contribution in [3.8, 4) is 0 Å². The zero-order valence-corrected chi connectivity index (χ0v) is 9.14. The van der Waals surface area contributed by atoms with Gasteiger partial charge in [0.2, 0.25) is 0 Å². The molecule has 0 radical (unpaired) electrons. The van der Waals surface area contributed by atoms with Gasteiger partial charge in [-0.1, -0.05) is 0 Å². The fourth-order valence-corrected chi connectivity index (χ4v) is 1.92. The number of alkyl halides is 1. The summed E-state index contributed by atoms with van der Waals surface area (Å²) < 4.78 is 4.80. The fourth-order valence-electron chi connectivity index (χ4n) is 0.989. The second kappa shape index (κ2) is 4.46. The number of halogens is 1. The molecule has 0 saturated carbocycles. The Bertz CT molecular complexity index is 452. The van der Waals surface area contributed by atoms with Crippen LogP contribution in [0.3, 0.4) is 0 Å². The first kappa shape index (κ1) is 10.2. The van der Waals surface area contributed by atoms with Crippen LogP contribution in [0.15, 0.2) is 28.4 Å². The van der Waals surface area contributed by atoms with Crippen LogP contribution in [0.1, 0.15) is 16.1 Å². The first-order chi connectivity index (χ1) is 7.29. The highest BCUT2D eigenvalue weighted by molar-refractivity contribution is 7.14. The van der Waals surface area contributed by atoms with E-state index in [9.17, 15) is 4.79 Å². The molecule has 2 rings (SSSR count). The Hall–Kier alpha value is -1.33. The van der Waals surface area contributed by atoms with E-state index in [0.29, 0.717) is 16.6 Å². The highest BCUT2D eigenvalue weighted by atomic mass is 35.5. The summed E-state index contributed by atoms with van der Waals surface area (Å²) in [5, 5.41) is 4.99. The molecule has 0 aromatic carbocycles. The molecule has 0 aliphatic carbocycles. The Morgan fingerprint density at radius 1 is 1.67 bits per heavy atom. The summed E-state index contributed by atoms with van der Waals surface area (Å²) in [6.45, 7) is 0. The minimum atomic E-state index is -0.237. The van der Waals surface area contributed by atoms with Crippen molar-refractivity contribution in [2.75, 3.05) is 5.32 Å². The molecule has 0 atom stereocenters. The molecular formula is C9H7ClN2O2S. The van der Waals surface area contributed by atoms with Crippen molar-refractivity contribution in [3.63, 3.8) is 0 Å². The Kier molecular flexibility index (Phi) is 3.03. The molecule has 1 amide bonds. The van der Waals surface area contributed by atoms with Gasteiger partial charge in [-0.25, -0.2) is 4.98 Å². The lowest BCUT2D eigenvalue weighted by Gasteiger charge is -1.96. The van der Waals surface area contributed by atoms with Crippen LogP contribution in [0.4, 0.5) is 5.13 Å². The lowest BCUT2D eigenvalue weighted by molar-refractivity contribution is 0.102. The average molecular weight is 243 g/mol. The molecule has 0 aliphatic rings. The van der Waals surface area contributed by atoms with Gasteiger partial charge in [-0.05, 0) is 6.07 Å². The second-order valence-corrected chi connectivity index (χ2v) is 3.87. The number of anilines is 1. The van der Waals surface area contributed by atoms with E-state index in [0.717, 1.165) is 5.69 Å². The lowest BCUT2D eigenvalue weighted by Crippen LogP contribution is -2.10. The van der Waals surface area contributed by atoms with Crippen LogP contribution in [0.5, 0.6) is 0 Å². The predicted octanol–water partition coefficient (Wildman–Crippen LogP) is 2.73. The number of amides is 1. The standard InChI is InChI=1S/C9H7ClN2O2S/c10-3-7-5-15-9(11-7)12-8(13)6-1-2-14-4-6/h1-2,4-5H,3H2,(H,11,12,13). The minimum Gasteiger partial charge on any atom is -0.472 e. The minimum absolute atomic E-state index is 0.237. The number of nitrogens with one attached hydrogen (secondary N) is 1. The van der Waals surface area contributed by atoms with E-state index in [4.69, 9.17) is 16.0 Å². The topological polar surface area (TPSA) is 55.1 Å². The van der Waals surface area contributed by atoms with Crippen molar-refractivity contribution in [2.24, 2.45) is 0 Å². The third-order valence-corrected chi connectivity index (χ3v) is 2.77. The Balaban J connectivity index is 2.06. The molecule has 4 nitrogen and oxygen atoms in total. The molecule has 6 heteroatoms. The Labute approximate surface area is 94.9 Å². The number of carbonyl (C=O) groups excluding carboxylic acids is 1. The van der Waals surface area contributed by atoms with Gasteiger partial charge in [0.1, 0.15) is 6.26 Å². The van der Waals surface area contributed by atoms with Crippen LogP contribution in [0.25, 0.3) is 0 Å². The van der Waals surface area contributed by atoms with E-state index in [1.54, 1.807) is 11.4 Å². The van der Waals surface area contributed by atoms with Gasteiger partial charge in [-0.2, -0.15) is 0 Å². The molecule has 15 heavy (non-hydrogen) atoms. The van der Waals surface area contributed by atoms with Crippen molar-refractivity contribution in [1.82, 2.24) is 4.98 Å². The van der Waals surface area contributed by atoms with E-state index in [1.165, 1.54) is 23.9 Å². The van der Waals surface area contributed by atoms with E-state index >= 15 is 0 Å². The van der Waals surface area contributed by atoms with Gasteiger partial charge in [-0.3, -0.25) is 10.1 Å². The van der Waals surface area contributed by atoms with E-state index in [-0.39, 0.29) is 5.91 Å². The molecule has 78 valence electrons. The zero-order chi connectivity index (χ0) is 10.7. The van der Waals surface area contributed by atoms with Crippen LogP contribution in [-0.4, -0.2) is 10.9 Å². The number of nitrogens with zero attached hydrogens (tertiary/aromatic N) is 1. The largest absolute Gasteiger partial charge is 0.472 e. The van der Waals surface area contributed by atoms with Crippen molar-refractivity contribution < 1.29 is 9.21 Å². The van der Waals surface area contributed by atoms with Crippen LogP contribution >= 0.6 is 22.9 Å². The van der Waals surface area contributed by atoms with Gasteiger partial charge >= 0.3 is 0 Å². The summed E-state index contributed by atoms with van der Waals surface area (Å²) >= 11 is 6.93. The fraction of sp³-hybridized carbons (Fsp3) is 0.111. The molecule has 0 unspecified atom stereocenters. The van der Waals surface area contributed by atoms with Crippen molar-refractivity contribution >= 4 is 34.0 Å². The average Bonchev–Trinajstić information content (AvgIpc) is 2.87. The smallest absolute Gasteiger partial charge is 0.260 e. The number of aromatic nitrogens is 1. The van der Waals surface area contributed by atoms with Gasteiger partial charge in [-0.15, -0.1) is 22.9 Å². The van der Waals surface area contributed by atoms with Gasteiger partial charge in [0.05, 0.1) is 23.4 Å². The van der Waals surface area contributed by atoms with Crippen molar-refractivity contribution in [3.05, 3.63) is 35.2 Å². The third kappa shape index (κ3) is 2.37. The number of hydrogen-bond acceptors (Lipinski definition) is 4. The highest BCUT2D eigenvalue weighted by Crippen LogP contribution is 2.17. The maximum absolute atomic E-state index is 11.5. The van der Waals surface area contributed by atoms with Gasteiger partial charge in [0, 0.05) is 5.38 Å². The quantitative estimate of drug-likeness (QED) is 0.842. The molecule has 0 spiro atoms. The molecule has 0 bridgehead atoms. The highest BCUT2D eigenvalue weighted by Gasteiger charge is 2.09. The summed E-state index contributed by atoms with van der Waals surface area (Å²) in [4.78, 5) is 15.6. The second-order valence-electron chi connectivity index (χ2n) is 2.74. The third-order valence-electron chi connectivity index (χ3n) is 1.69. The predicted molar refractivity (Wildman–Crippen MR) is 58.3 cm³/mol. The van der Waals surface area contributed by atoms with Gasteiger partial charge < -0.3 is 4.42 Å². The SMILES string of the molecule is O=C(Nc1nc(CCl)cs1)c1ccoc1. The normalized spacial score (nSPS) is 10.2.